The monoisotopic (exact) mass is 286 g/mol. The summed E-state index contributed by atoms with van der Waals surface area (Å²) in [6.45, 7) is 4.10. The number of carboxylic acid groups (broad SMARTS) is 1. The van der Waals surface area contributed by atoms with Crippen LogP contribution < -0.4 is 0 Å². The molecular weight excluding hydrogens is 256 g/mol. The number of esters is 1. The topological polar surface area (TPSA) is 63.6 Å². The van der Waals surface area contributed by atoms with Gasteiger partial charge in [0.15, 0.2) is 0 Å². The maximum Gasteiger partial charge on any atom is 0.306 e. The fourth-order valence-electron chi connectivity index (χ4n) is 2.12. The zero-order valence-electron chi connectivity index (χ0n) is 13.0. The molecule has 0 spiro atoms. The molecule has 0 fully saturated rings. The molecule has 118 valence electrons. The van der Waals surface area contributed by atoms with Crippen LogP contribution in [0.4, 0.5) is 0 Å². The number of hydrogen-bond acceptors (Lipinski definition) is 3. The minimum absolute atomic E-state index is 0.0307. The number of hydrogen-bond donors (Lipinski definition) is 1. The van der Waals surface area contributed by atoms with Crippen LogP contribution in [0.1, 0.15) is 84.5 Å². The van der Waals surface area contributed by atoms with Crippen molar-refractivity contribution in [3.63, 3.8) is 0 Å². The number of aliphatic carboxylic acids is 1. The third kappa shape index (κ3) is 13.4. The van der Waals surface area contributed by atoms with Gasteiger partial charge in [0.2, 0.25) is 0 Å². The second kappa shape index (κ2) is 12.9. The van der Waals surface area contributed by atoms with Gasteiger partial charge in [-0.15, -0.1) is 0 Å². The second-order valence-corrected chi connectivity index (χ2v) is 5.46. The molecule has 0 aliphatic carbocycles. The lowest BCUT2D eigenvalue weighted by Crippen LogP contribution is -2.15. The van der Waals surface area contributed by atoms with Crippen LogP contribution in [0.25, 0.3) is 0 Å². The van der Waals surface area contributed by atoms with E-state index in [4.69, 9.17) is 9.84 Å². The Balaban J connectivity index is 3.37. The van der Waals surface area contributed by atoms with Crippen LogP contribution in [0.2, 0.25) is 0 Å². The van der Waals surface area contributed by atoms with Crippen molar-refractivity contribution in [2.45, 2.75) is 90.6 Å². The van der Waals surface area contributed by atoms with Crippen LogP contribution in [0, 0.1) is 0 Å². The van der Waals surface area contributed by atoms with Gasteiger partial charge in [-0.25, -0.2) is 0 Å². The fourth-order valence-corrected chi connectivity index (χ4v) is 2.12. The Morgan fingerprint density at radius 3 is 2.05 bits per heavy atom. The van der Waals surface area contributed by atoms with E-state index in [1.54, 1.807) is 0 Å². The zero-order chi connectivity index (χ0) is 15.2. The maximum atomic E-state index is 11.3. The third-order valence-corrected chi connectivity index (χ3v) is 3.34. The van der Waals surface area contributed by atoms with Crippen molar-refractivity contribution in [3.05, 3.63) is 0 Å². The van der Waals surface area contributed by atoms with E-state index in [0.717, 1.165) is 12.8 Å². The molecule has 0 aliphatic rings. The molecule has 0 aliphatic heterocycles. The van der Waals surface area contributed by atoms with Gasteiger partial charge in [0, 0.05) is 0 Å². The van der Waals surface area contributed by atoms with E-state index in [1.807, 2.05) is 6.92 Å². The fraction of sp³-hybridized carbons (Fsp3) is 0.875. The number of rotatable bonds is 13. The molecule has 0 aromatic carbocycles. The molecular formula is C16H30O4. The Morgan fingerprint density at radius 1 is 0.950 bits per heavy atom. The van der Waals surface area contributed by atoms with Crippen molar-refractivity contribution in [2.24, 2.45) is 0 Å². The van der Waals surface area contributed by atoms with Gasteiger partial charge in [-0.05, 0) is 19.8 Å². The average molecular weight is 286 g/mol. The van der Waals surface area contributed by atoms with Gasteiger partial charge < -0.3 is 9.84 Å². The van der Waals surface area contributed by atoms with Gasteiger partial charge in [0.05, 0.1) is 18.9 Å². The van der Waals surface area contributed by atoms with E-state index in [0.29, 0.717) is 0 Å². The molecule has 1 atom stereocenters. The van der Waals surface area contributed by atoms with Crippen molar-refractivity contribution >= 4 is 11.9 Å². The summed E-state index contributed by atoms with van der Waals surface area (Å²) in [4.78, 5) is 21.6. The van der Waals surface area contributed by atoms with E-state index in [1.165, 1.54) is 44.9 Å². The Bertz CT molecular complexity index is 263. The van der Waals surface area contributed by atoms with Crippen LogP contribution in [-0.2, 0) is 14.3 Å². The normalized spacial score (nSPS) is 12.1. The van der Waals surface area contributed by atoms with Gasteiger partial charge >= 0.3 is 11.9 Å². The number of carbonyl (C=O) groups is 2. The minimum atomic E-state index is -0.960. The highest BCUT2D eigenvalue weighted by Crippen LogP contribution is 2.12. The second-order valence-electron chi connectivity index (χ2n) is 5.46. The van der Waals surface area contributed by atoms with Crippen molar-refractivity contribution in [1.82, 2.24) is 0 Å². The average Bonchev–Trinajstić information content (AvgIpc) is 2.39. The number of carboxylic acids is 1. The highest BCUT2D eigenvalue weighted by molar-refractivity contribution is 5.76. The lowest BCUT2D eigenvalue weighted by Gasteiger charge is -2.12. The first kappa shape index (κ1) is 18.9. The molecule has 0 aromatic heterocycles. The standard InChI is InChI=1S/C16H30O4/c1-3-4-5-6-7-8-9-10-11-14(2)20-16(19)13-12-15(17)18/h14H,3-13H2,1-2H3,(H,17,18). The molecule has 0 saturated carbocycles. The van der Waals surface area contributed by atoms with Crippen LogP contribution in [0.5, 0.6) is 0 Å². The summed E-state index contributed by atoms with van der Waals surface area (Å²) < 4.78 is 5.16. The summed E-state index contributed by atoms with van der Waals surface area (Å²) in [5, 5.41) is 8.47. The van der Waals surface area contributed by atoms with Crippen LogP contribution in [-0.4, -0.2) is 23.1 Å². The molecule has 0 amide bonds. The van der Waals surface area contributed by atoms with Gasteiger partial charge in [-0.2, -0.15) is 0 Å². The van der Waals surface area contributed by atoms with E-state index < -0.39 is 11.9 Å². The lowest BCUT2D eigenvalue weighted by atomic mass is 10.1. The summed E-state index contributed by atoms with van der Waals surface area (Å²) in [5.74, 6) is -1.36. The quantitative estimate of drug-likeness (QED) is 0.404. The van der Waals surface area contributed by atoms with E-state index in [9.17, 15) is 9.59 Å². The third-order valence-electron chi connectivity index (χ3n) is 3.34. The molecule has 0 radical (unpaired) electrons. The molecule has 1 N–H and O–H groups in total. The van der Waals surface area contributed by atoms with Crippen molar-refractivity contribution in [3.8, 4) is 0 Å². The molecule has 0 heterocycles. The number of carbonyl (C=O) groups excluding carboxylic acids is 1. The minimum Gasteiger partial charge on any atom is -0.481 e. The first-order valence-corrected chi connectivity index (χ1v) is 7.97. The first-order chi connectivity index (χ1) is 9.56. The van der Waals surface area contributed by atoms with Crippen LogP contribution in [0.15, 0.2) is 0 Å². The Labute approximate surface area is 122 Å². The summed E-state index contributed by atoms with van der Waals surface area (Å²) in [5.41, 5.74) is 0. The predicted octanol–water partition coefficient (Wildman–Crippen LogP) is 4.31. The Kier molecular flexibility index (Phi) is 12.3. The van der Waals surface area contributed by atoms with Gasteiger partial charge in [0.1, 0.15) is 0 Å². The Morgan fingerprint density at radius 2 is 1.50 bits per heavy atom. The summed E-state index contributed by atoms with van der Waals surface area (Å²) in [6.07, 6.45) is 10.7. The lowest BCUT2D eigenvalue weighted by molar-refractivity contribution is -0.151. The smallest absolute Gasteiger partial charge is 0.306 e. The van der Waals surface area contributed by atoms with Crippen molar-refractivity contribution in [1.29, 1.82) is 0 Å². The molecule has 4 nitrogen and oxygen atoms in total. The first-order valence-electron chi connectivity index (χ1n) is 7.97. The largest absolute Gasteiger partial charge is 0.481 e. The predicted molar refractivity (Wildman–Crippen MR) is 79.7 cm³/mol. The molecule has 0 saturated heterocycles. The highest BCUT2D eigenvalue weighted by Gasteiger charge is 2.10. The molecule has 0 bridgehead atoms. The molecule has 20 heavy (non-hydrogen) atoms. The highest BCUT2D eigenvalue weighted by atomic mass is 16.5. The SMILES string of the molecule is CCCCCCCCCCC(C)OC(=O)CCC(=O)O. The summed E-state index contributed by atoms with van der Waals surface area (Å²) in [7, 11) is 0. The Hall–Kier alpha value is -1.06. The molecule has 1 unspecified atom stereocenters. The zero-order valence-corrected chi connectivity index (χ0v) is 13.0. The van der Waals surface area contributed by atoms with Gasteiger partial charge in [-0.1, -0.05) is 51.9 Å². The van der Waals surface area contributed by atoms with Crippen LogP contribution in [0.3, 0.4) is 0 Å². The summed E-state index contributed by atoms with van der Waals surface area (Å²) >= 11 is 0. The van der Waals surface area contributed by atoms with Gasteiger partial charge in [-0.3, -0.25) is 9.59 Å². The van der Waals surface area contributed by atoms with E-state index in [2.05, 4.69) is 6.92 Å². The molecule has 0 rings (SSSR count). The number of ether oxygens (including phenoxy) is 1. The molecule has 4 heteroatoms. The van der Waals surface area contributed by atoms with Crippen molar-refractivity contribution in [2.75, 3.05) is 0 Å². The molecule has 0 aromatic rings. The van der Waals surface area contributed by atoms with E-state index >= 15 is 0 Å². The van der Waals surface area contributed by atoms with Crippen molar-refractivity contribution < 1.29 is 19.4 Å². The van der Waals surface area contributed by atoms with Crippen LogP contribution >= 0.6 is 0 Å². The van der Waals surface area contributed by atoms with E-state index in [-0.39, 0.29) is 18.9 Å². The van der Waals surface area contributed by atoms with Gasteiger partial charge in [0.25, 0.3) is 0 Å². The maximum absolute atomic E-state index is 11.3. The summed E-state index contributed by atoms with van der Waals surface area (Å²) in [6, 6.07) is 0. The number of unbranched alkanes of at least 4 members (excludes halogenated alkanes) is 7.